The summed E-state index contributed by atoms with van der Waals surface area (Å²) in [5.74, 6) is 0.0281. The maximum Gasteiger partial charge on any atom is 0.271 e. The number of anilines is 1. The topological polar surface area (TPSA) is 99.3 Å². The number of nitrogens with one attached hydrogen (secondary N) is 1. The van der Waals surface area contributed by atoms with E-state index in [1.165, 1.54) is 18.2 Å². The molecule has 4 aromatic rings. The van der Waals surface area contributed by atoms with Crippen molar-refractivity contribution in [1.82, 2.24) is 9.78 Å². The van der Waals surface area contributed by atoms with Gasteiger partial charge in [0.2, 0.25) is 0 Å². The van der Waals surface area contributed by atoms with E-state index in [1.54, 1.807) is 59.5 Å². The molecule has 0 aliphatic rings. The molecular formula is C24H17Cl3N4O4. The van der Waals surface area contributed by atoms with Crippen LogP contribution in [0.15, 0.2) is 73.1 Å². The molecule has 3 aromatic carbocycles. The molecule has 0 fully saturated rings. The van der Waals surface area contributed by atoms with Gasteiger partial charge in [-0.25, -0.2) is 0 Å². The van der Waals surface area contributed by atoms with Crippen LogP contribution in [0.5, 0.6) is 5.75 Å². The zero-order chi connectivity index (χ0) is 24.9. The second kappa shape index (κ2) is 10.8. The minimum atomic E-state index is -0.529. The number of nitrogens with zero attached hydrogens (tertiary/aromatic N) is 3. The number of carbonyl (C=O) groups is 1. The maximum atomic E-state index is 12.6. The summed E-state index contributed by atoms with van der Waals surface area (Å²) in [6.45, 7) is 0.540. The SMILES string of the molecule is O=C(Nc1cnn(Cc2c(Cl)cccc2Cl)c1)c1ccc(COc2ccc([N+](=O)[O-])cc2Cl)cc1. The lowest BCUT2D eigenvalue weighted by atomic mass is 10.1. The van der Waals surface area contributed by atoms with Crippen molar-refractivity contribution in [2.75, 3.05) is 5.32 Å². The van der Waals surface area contributed by atoms with Crippen LogP contribution in [0.2, 0.25) is 15.1 Å². The first-order valence-corrected chi connectivity index (χ1v) is 11.4. The maximum absolute atomic E-state index is 12.6. The van der Waals surface area contributed by atoms with Crippen molar-refractivity contribution >= 4 is 52.1 Å². The number of nitro benzene ring substituents is 1. The van der Waals surface area contributed by atoms with Gasteiger partial charge in [-0.15, -0.1) is 0 Å². The summed E-state index contributed by atoms with van der Waals surface area (Å²) < 4.78 is 7.27. The van der Waals surface area contributed by atoms with Crippen LogP contribution >= 0.6 is 34.8 Å². The zero-order valence-electron chi connectivity index (χ0n) is 18.0. The molecule has 1 heterocycles. The summed E-state index contributed by atoms with van der Waals surface area (Å²) >= 11 is 18.5. The van der Waals surface area contributed by atoms with Crippen molar-refractivity contribution in [3.05, 3.63) is 115 Å². The predicted molar refractivity (Wildman–Crippen MR) is 135 cm³/mol. The number of halogens is 3. The molecule has 0 bridgehead atoms. The molecule has 0 unspecified atom stereocenters. The summed E-state index contributed by atoms with van der Waals surface area (Å²) in [4.78, 5) is 22.9. The van der Waals surface area contributed by atoms with Crippen LogP contribution in [0.1, 0.15) is 21.5 Å². The van der Waals surface area contributed by atoms with Crippen LogP contribution in [0.25, 0.3) is 0 Å². The molecule has 11 heteroatoms. The van der Waals surface area contributed by atoms with Gasteiger partial charge in [-0.05, 0) is 35.9 Å². The summed E-state index contributed by atoms with van der Waals surface area (Å²) in [6.07, 6.45) is 3.23. The number of benzene rings is 3. The van der Waals surface area contributed by atoms with Crippen molar-refractivity contribution in [3.8, 4) is 5.75 Å². The van der Waals surface area contributed by atoms with E-state index in [0.29, 0.717) is 33.6 Å². The lowest BCUT2D eigenvalue weighted by Crippen LogP contribution is -2.11. The Bertz CT molecular complexity index is 1370. The molecule has 35 heavy (non-hydrogen) atoms. The fraction of sp³-hybridized carbons (Fsp3) is 0.0833. The molecule has 8 nitrogen and oxygen atoms in total. The molecular weight excluding hydrogens is 515 g/mol. The Hall–Kier alpha value is -3.59. The highest BCUT2D eigenvalue weighted by Crippen LogP contribution is 2.29. The van der Waals surface area contributed by atoms with E-state index >= 15 is 0 Å². The van der Waals surface area contributed by atoms with Crippen LogP contribution < -0.4 is 10.1 Å². The molecule has 0 saturated carbocycles. The Morgan fingerprint density at radius 2 is 1.74 bits per heavy atom. The van der Waals surface area contributed by atoms with Crippen LogP contribution in [0.4, 0.5) is 11.4 Å². The third kappa shape index (κ3) is 6.10. The Morgan fingerprint density at radius 1 is 1.03 bits per heavy atom. The molecule has 1 amide bonds. The van der Waals surface area contributed by atoms with Crippen LogP contribution in [0.3, 0.4) is 0 Å². The van der Waals surface area contributed by atoms with E-state index in [4.69, 9.17) is 39.5 Å². The second-order valence-electron chi connectivity index (χ2n) is 7.44. The van der Waals surface area contributed by atoms with Gasteiger partial charge in [-0.3, -0.25) is 19.6 Å². The molecule has 0 radical (unpaired) electrons. The smallest absolute Gasteiger partial charge is 0.271 e. The standard InChI is InChI=1S/C24H17Cl3N4O4/c25-20-2-1-3-21(26)19(20)13-30-12-17(11-28-30)29-24(32)16-6-4-15(5-7-16)14-35-23-9-8-18(31(33)34)10-22(23)27/h1-12H,13-14H2,(H,29,32). The monoisotopic (exact) mass is 530 g/mol. The quantitative estimate of drug-likeness (QED) is 0.203. The van der Waals surface area contributed by atoms with E-state index < -0.39 is 4.92 Å². The van der Waals surface area contributed by atoms with Crippen molar-refractivity contribution in [2.45, 2.75) is 13.2 Å². The third-order valence-electron chi connectivity index (χ3n) is 5.01. The Kier molecular flexibility index (Phi) is 7.55. The first-order chi connectivity index (χ1) is 16.8. The van der Waals surface area contributed by atoms with Crippen LogP contribution in [-0.2, 0) is 13.2 Å². The molecule has 1 aromatic heterocycles. The molecule has 0 spiro atoms. The molecule has 178 valence electrons. The lowest BCUT2D eigenvalue weighted by molar-refractivity contribution is -0.384. The van der Waals surface area contributed by atoms with Gasteiger partial charge in [-0.1, -0.05) is 53.0 Å². The van der Waals surface area contributed by atoms with Crippen LogP contribution in [0, 0.1) is 10.1 Å². The predicted octanol–water partition coefficient (Wildman–Crippen LogP) is 6.63. The Morgan fingerprint density at radius 3 is 2.40 bits per heavy atom. The molecule has 4 rings (SSSR count). The molecule has 1 N–H and O–H groups in total. The largest absolute Gasteiger partial charge is 0.487 e. The number of rotatable bonds is 8. The van der Waals surface area contributed by atoms with Gasteiger partial charge in [0, 0.05) is 39.5 Å². The first kappa shape index (κ1) is 24.5. The van der Waals surface area contributed by atoms with Crippen molar-refractivity contribution < 1.29 is 14.5 Å². The number of aromatic nitrogens is 2. The van der Waals surface area contributed by atoms with Gasteiger partial charge in [0.05, 0.1) is 28.4 Å². The average molecular weight is 532 g/mol. The molecule has 0 aliphatic carbocycles. The minimum Gasteiger partial charge on any atom is -0.487 e. The highest BCUT2D eigenvalue weighted by Gasteiger charge is 2.12. The molecule has 0 saturated heterocycles. The van der Waals surface area contributed by atoms with Crippen LogP contribution in [-0.4, -0.2) is 20.6 Å². The lowest BCUT2D eigenvalue weighted by Gasteiger charge is -2.09. The molecule has 0 aliphatic heterocycles. The van der Waals surface area contributed by atoms with Crippen molar-refractivity contribution in [3.63, 3.8) is 0 Å². The number of nitro groups is 1. The summed E-state index contributed by atoms with van der Waals surface area (Å²) in [7, 11) is 0. The van der Waals surface area contributed by atoms with E-state index in [2.05, 4.69) is 10.4 Å². The third-order valence-corrected chi connectivity index (χ3v) is 6.01. The van der Waals surface area contributed by atoms with Gasteiger partial charge >= 0.3 is 0 Å². The van der Waals surface area contributed by atoms with Crippen molar-refractivity contribution in [2.24, 2.45) is 0 Å². The van der Waals surface area contributed by atoms with Gasteiger partial charge in [0.15, 0.2) is 0 Å². The zero-order valence-corrected chi connectivity index (χ0v) is 20.2. The number of non-ortho nitro benzene ring substituents is 1. The van der Waals surface area contributed by atoms with E-state index in [9.17, 15) is 14.9 Å². The highest BCUT2D eigenvalue weighted by atomic mass is 35.5. The summed E-state index contributed by atoms with van der Waals surface area (Å²) in [5.41, 5.74) is 2.39. The fourth-order valence-corrected chi connectivity index (χ4v) is 3.94. The Balaban J connectivity index is 1.34. The van der Waals surface area contributed by atoms with E-state index in [1.807, 2.05) is 0 Å². The van der Waals surface area contributed by atoms with Gasteiger partial charge in [0.1, 0.15) is 12.4 Å². The number of carbonyl (C=O) groups excluding carboxylic acids is 1. The van der Waals surface area contributed by atoms with Gasteiger partial charge < -0.3 is 10.1 Å². The Labute approximate surface area is 215 Å². The number of ether oxygens (including phenoxy) is 1. The second-order valence-corrected chi connectivity index (χ2v) is 8.66. The highest BCUT2D eigenvalue weighted by molar-refractivity contribution is 6.36. The van der Waals surface area contributed by atoms with Crippen molar-refractivity contribution in [1.29, 1.82) is 0 Å². The average Bonchev–Trinajstić information content (AvgIpc) is 3.27. The van der Waals surface area contributed by atoms with E-state index in [0.717, 1.165) is 11.1 Å². The summed E-state index contributed by atoms with van der Waals surface area (Å²) in [6, 6.07) is 16.1. The van der Waals surface area contributed by atoms with Gasteiger partial charge in [-0.2, -0.15) is 5.10 Å². The molecule has 0 atom stereocenters. The van der Waals surface area contributed by atoms with Gasteiger partial charge in [0.25, 0.3) is 11.6 Å². The normalized spacial score (nSPS) is 10.7. The number of hydrogen-bond acceptors (Lipinski definition) is 5. The van der Waals surface area contributed by atoms with E-state index in [-0.39, 0.29) is 23.2 Å². The first-order valence-electron chi connectivity index (χ1n) is 10.2. The fourth-order valence-electron chi connectivity index (χ4n) is 3.20. The number of amides is 1. The minimum absolute atomic E-state index is 0.115. The number of hydrogen-bond donors (Lipinski definition) is 1. The summed E-state index contributed by atoms with van der Waals surface area (Å²) in [5, 5.41) is 19.1.